The van der Waals surface area contributed by atoms with Crippen LogP contribution in [-0.2, 0) is 13.6 Å². The predicted molar refractivity (Wildman–Crippen MR) is 84.7 cm³/mol. The molecule has 0 unspecified atom stereocenters. The fourth-order valence-corrected chi connectivity index (χ4v) is 4.05. The van der Waals surface area contributed by atoms with Crippen LogP contribution < -0.4 is 4.90 Å². The minimum Gasteiger partial charge on any atom is -0.311 e. The molecule has 0 radical (unpaired) electrons. The van der Waals surface area contributed by atoms with Crippen LogP contribution >= 0.6 is 31.1 Å². The van der Waals surface area contributed by atoms with Crippen LogP contribution in [0.3, 0.4) is 0 Å². The van der Waals surface area contributed by atoms with Gasteiger partial charge in [0.25, 0.3) is 0 Å². The zero-order valence-corrected chi connectivity index (χ0v) is 13.8. The molecule has 1 aliphatic heterocycles. The van der Waals surface area contributed by atoms with Gasteiger partial charge in [-0.15, -0.1) is 0 Å². The summed E-state index contributed by atoms with van der Waals surface area (Å²) in [7, 11) is -3.41. The zero-order chi connectivity index (χ0) is 14.6. The molecule has 0 amide bonds. The van der Waals surface area contributed by atoms with Crippen molar-refractivity contribution in [3.8, 4) is 0 Å². The van der Waals surface area contributed by atoms with Gasteiger partial charge in [0.2, 0.25) is 0 Å². The Bertz CT molecular complexity index is 528. The van der Waals surface area contributed by atoms with Gasteiger partial charge in [-0.2, -0.15) is 4.76 Å². The maximum absolute atomic E-state index is 12.4. The monoisotopic (exact) mass is 334 g/mol. The van der Waals surface area contributed by atoms with E-state index in [-0.39, 0.29) is 0 Å². The van der Waals surface area contributed by atoms with Crippen molar-refractivity contribution < 1.29 is 13.6 Å². The summed E-state index contributed by atoms with van der Waals surface area (Å²) in [5.41, 5.74) is 0.950. The molecule has 5 nitrogen and oxygen atoms in total. The molecular formula is C12H16ClN2O3PS. The third kappa shape index (κ3) is 3.77. The topological polar surface area (TPSA) is 51.1 Å². The Morgan fingerprint density at radius 1 is 1.30 bits per heavy atom. The molecule has 0 atom stereocenters. The van der Waals surface area contributed by atoms with Crippen LogP contribution in [0.1, 0.15) is 13.8 Å². The molecule has 1 fully saturated rings. The van der Waals surface area contributed by atoms with Crippen LogP contribution in [-0.4, -0.2) is 24.3 Å². The van der Waals surface area contributed by atoms with E-state index in [0.717, 1.165) is 11.6 Å². The van der Waals surface area contributed by atoms with Crippen molar-refractivity contribution in [1.29, 1.82) is 0 Å². The van der Waals surface area contributed by atoms with E-state index in [1.54, 1.807) is 13.8 Å². The van der Waals surface area contributed by atoms with Gasteiger partial charge in [0, 0.05) is 10.7 Å². The normalized spacial score (nSPS) is 17.4. The first kappa shape index (κ1) is 15.9. The van der Waals surface area contributed by atoms with Gasteiger partial charge in [0.1, 0.15) is 0 Å². The van der Waals surface area contributed by atoms with Gasteiger partial charge < -0.3 is 4.90 Å². The molecule has 0 saturated carbocycles. The van der Waals surface area contributed by atoms with Crippen molar-refractivity contribution >= 4 is 42.0 Å². The maximum atomic E-state index is 12.4. The van der Waals surface area contributed by atoms with Crippen LogP contribution in [0.25, 0.3) is 0 Å². The molecule has 0 spiro atoms. The van der Waals surface area contributed by atoms with E-state index in [0.29, 0.717) is 23.4 Å². The van der Waals surface area contributed by atoms with E-state index in [2.05, 4.69) is 4.76 Å². The number of hydrogen-bond donors (Lipinski definition) is 0. The van der Waals surface area contributed by atoms with Gasteiger partial charge in [-0.05, 0) is 38.1 Å². The highest BCUT2D eigenvalue weighted by atomic mass is 35.5. The van der Waals surface area contributed by atoms with E-state index in [1.165, 1.54) is 11.8 Å². The number of rotatable bonds is 6. The van der Waals surface area contributed by atoms with Gasteiger partial charge in [-0.1, -0.05) is 23.4 Å². The molecular weight excluding hydrogens is 319 g/mol. The Morgan fingerprint density at radius 2 is 1.90 bits per heavy atom. The highest BCUT2D eigenvalue weighted by molar-refractivity contribution is 8.16. The molecule has 0 aromatic heterocycles. The molecule has 2 rings (SSSR count). The summed E-state index contributed by atoms with van der Waals surface area (Å²) in [6, 6.07) is 7.40. The Kier molecular flexibility index (Phi) is 5.52. The summed E-state index contributed by atoms with van der Waals surface area (Å²) in [5, 5.41) is 1.31. The minimum atomic E-state index is -3.41. The molecule has 20 heavy (non-hydrogen) atoms. The van der Waals surface area contributed by atoms with E-state index >= 15 is 0 Å². The number of hydrogen-bond acceptors (Lipinski definition) is 4. The van der Waals surface area contributed by atoms with E-state index in [4.69, 9.17) is 20.6 Å². The van der Waals surface area contributed by atoms with Crippen LogP contribution in [0, 0.1) is 0 Å². The molecule has 110 valence electrons. The van der Waals surface area contributed by atoms with Crippen LogP contribution in [0.2, 0.25) is 5.02 Å². The largest absolute Gasteiger partial charge is 0.456 e. The van der Waals surface area contributed by atoms with Crippen molar-refractivity contribution in [1.82, 2.24) is 0 Å². The van der Waals surface area contributed by atoms with Crippen LogP contribution in [0.15, 0.2) is 29.0 Å². The average molecular weight is 335 g/mol. The second-order valence-electron chi connectivity index (χ2n) is 3.86. The molecule has 0 bridgehead atoms. The molecule has 1 saturated heterocycles. The zero-order valence-electron chi connectivity index (χ0n) is 11.3. The molecule has 1 aromatic rings. The third-order valence-electron chi connectivity index (χ3n) is 2.48. The summed E-state index contributed by atoms with van der Waals surface area (Å²) in [5.74, 6) is 0.749. The number of thioether (sulfide) groups is 1. The first-order chi connectivity index (χ1) is 9.58. The summed E-state index contributed by atoms with van der Waals surface area (Å²) >= 11 is 7.37. The number of amidine groups is 1. The Hall–Kier alpha value is -0.520. The lowest BCUT2D eigenvalue weighted by Gasteiger charge is -2.34. The lowest BCUT2D eigenvalue weighted by molar-refractivity contribution is 0.221. The van der Waals surface area contributed by atoms with Gasteiger partial charge in [0.15, 0.2) is 5.17 Å². The molecule has 1 aliphatic rings. The van der Waals surface area contributed by atoms with Gasteiger partial charge >= 0.3 is 7.75 Å². The molecule has 8 heteroatoms. The minimum absolute atomic E-state index is 0.291. The van der Waals surface area contributed by atoms with Crippen molar-refractivity contribution in [2.24, 2.45) is 4.76 Å². The first-order valence-corrected chi connectivity index (χ1v) is 9.09. The fraction of sp³-hybridized carbons (Fsp3) is 0.417. The Balaban J connectivity index is 2.17. The highest BCUT2D eigenvalue weighted by Gasteiger charge is 2.31. The Morgan fingerprint density at radius 3 is 2.35 bits per heavy atom. The first-order valence-electron chi connectivity index (χ1n) is 6.23. The lowest BCUT2D eigenvalue weighted by Crippen LogP contribution is -2.38. The van der Waals surface area contributed by atoms with Gasteiger partial charge in [0.05, 0.1) is 19.1 Å². The summed E-state index contributed by atoms with van der Waals surface area (Å²) < 4.78 is 26.8. The smallest absolute Gasteiger partial charge is 0.311 e. The van der Waals surface area contributed by atoms with Crippen molar-refractivity contribution in [2.75, 3.05) is 24.0 Å². The summed E-state index contributed by atoms with van der Waals surface area (Å²) in [6.45, 7) is 4.10. The van der Waals surface area contributed by atoms with Crippen LogP contribution in [0.4, 0.5) is 5.69 Å². The van der Waals surface area contributed by atoms with E-state index in [1.807, 2.05) is 29.2 Å². The lowest BCUT2D eigenvalue weighted by atomic mass is 10.3. The SMILES string of the molecule is CCOP(=O)(/N=C1\SCN1c1ccc(Cl)cc1)OCC. The number of anilines is 1. The quantitative estimate of drug-likeness (QED) is 0.722. The average Bonchev–Trinajstić information content (AvgIpc) is 2.38. The predicted octanol–water partition coefficient (Wildman–Crippen LogP) is 4.39. The van der Waals surface area contributed by atoms with Crippen LogP contribution in [0.5, 0.6) is 0 Å². The number of benzene rings is 1. The third-order valence-corrected chi connectivity index (χ3v) is 5.43. The standard InChI is InChI=1S/C12H16ClN2O3PS/c1-3-17-19(16,18-4-2)14-12-15(9-20-12)11-7-5-10(13)6-8-11/h5-8H,3-4,9H2,1-2H3/b14-12-. The number of nitrogens with zero attached hydrogens (tertiary/aromatic N) is 2. The van der Waals surface area contributed by atoms with Crippen molar-refractivity contribution in [2.45, 2.75) is 13.8 Å². The van der Waals surface area contributed by atoms with E-state index in [9.17, 15) is 4.57 Å². The van der Waals surface area contributed by atoms with Gasteiger partial charge in [-0.3, -0.25) is 9.05 Å². The van der Waals surface area contributed by atoms with Crippen molar-refractivity contribution in [3.05, 3.63) is 29.3 Å². The van der Waals surface area contributed by atoms with Gasteiger partial charge in [-0.25, -0.2) is 4.57 Å². The molecule has 1 heterocycles. The summed E-state index contributed by atoms with van der Waals surface area (Å²) in [6.07, 6.45) is 0. The molecule has 0 aliphatic carbocycles. The highest BCUT2D eigenvalue weighted by Crippen LogP contribution is 2.52. The van der Waals surface area contributed by atoms with Crippen molar-refractivity contribution in [3.63, 3.8) is 0 Å². The van der Waals surface area contributed by atoms with E-state index < -0.39 is 7.75 Å². The second kappa shape index (κ2) is 6.96. The second-order valence-corrected chi connectivity index (χ2v) is 6.87. The molecule has 1 aromatic carbocycles. The number of halogens is 1. The fourth-order valence-electron chi connectivity index (χ4n) is 1.60. The molecule has 0 N–H and O–H groups in total. The summed E-state index contributed by atoms with van der Waals surface area (Å²) in [4.78, 5) is 1.94. The Labute approximate surface area is 127 Å². The maximum Gasteiger partial charge on any atom is 0.456 e.